The maximum Gasteiger partial charge on any atom is 0.295 e. The molecule has 0 aliphatic carbocycles. The summed E-state index contributed by atoms with van der Waals surface area (Å²) in [6.07, 6.45) is 1.60. The molecule has 2 aromatic rings. The fraction of sp³-hybridized carbons (Fsp3) is 0.484. The summed E-state index contributed by atoms with van der Waals surface area (Å²) >= 11 is 0. The molecule has 2 saturated heterocycles. The second-order valence-corrected chi connectivity index (χ2v) is 10.8. The van der Waals surface area contributed by atoms with Crippen LogP contribution in [-0.2, 0) is 14.3 Å². The van der Waals surface area contributed by atoms with Gasteiger partial charge in [-0.1, -0.05) is 26.0 Å². The van der Waals surface area contributed by atoms with Crippen LogP contribution in [0.4, 0.5) is 0 Å². The number of aliphatic hydroxyl groups is 1. The smallest absolute Gasteiger partial charge is 0.295 e. The van der Waals surface area contributed by atoms with Crippen LogP contribution in [-0.4, -0.2) is 85.8 Å². The first kappa shape index (κ1) is 28.0. The van der Waals surface area contributed by atoms with Crippen LogP contribution in [0.2, 0.25) is 0 Å². The number of hydrogen-bond donors (Lipinski definition) is 1. The third kappa shape index (κ3) is 6.26. The summed E-state index contributed by atoms with van der Waals surface area (Å²) in [4.78, 5) is 30.8. The Labute approximate surface area is 235 Å². The molecule has 5 rings (SSSR count). The van der Waals surface area contributed by atoms with Gasteiger partial charge >= 0.3 is 0 Å². The number of Topliss-reactive ketones (excluding diaryl/α,β-unsaturated/α-hetero) is 1. The number of morpholine rings is 1. The number of benzene rings is 2. The van der Waals surface area contributed by atoms with Crippen molar-refractivity contribution >= 4 is 17.4 Å². The minimum atomic E-state index is -0.744. The van der Waals surface area contributed by atoms with Gasteiger partial charge in [0.2, 0.25) is 0 Å². The van der Waals surface area contributed by atoms with Crippen molar-refractivity contribution in [2.75, 3.05) is 59.2 Å². The fourth-order valence-electron chi connectivity index (χ4n) is 5.28. The molecule has 9 heteroatoms. The van der Waals surface area contributed by atoms with E-state index in [1.807, 2.05) is 24.3 Å². The monoisotopic (exact) mass is 550 g/mol. The van der Waals surface area contributed by atoms with Gasteiger partial charge in [-0.25, -0.2) is 0 Å². The molecule has 0 radical (unpaired) electrons. The minimum absolute atomic E-state index is 0.0624. The molecule has 3 heterocycles. The maximum absolute atomic E-state index is 13.5. The fourth-order valence-corrected chi connectivity index (χ4v) is 5.28. The number of nitrogens with zero attached hydrogens (tertiary/aromatic N) is 2. The van der Waals surface area contributed by atoms with Gasteiger partial charge in [0, 0.05) is 31.7 Å². The minimum Gasteiger partial charge on any atom is -0.507 e. The summed E-state index contributed by atoms with van der Waals surface area (Å²) in [5.41, 5.74) is 1.17. The van der Waals surface area contributed by atoms with Crippen molar-refractivity contribution in [1.29, 1.82) is 0 Å². The standard InChI is InChI=1S/C31H38N2O7/c1-21(2)9-14-38-24-6-3-5-22(19-24)28-27(29(34)23-7-8-25-26(20-23)40-18-17-39-25)30(35)31(36)33(28)11-4-10-32-12-15-37-16-13-32/h3,5-8,19-21,28,34H,4,9-18H2,1-2H3. The Bertz CT molecular complexity index is 1250. The van der Waals surface area contributed by atoms with E-state index in [0.29, 0.717) is 80.3 Å². The van der Waals surface area contributed by atoms with Crippen LogP contribution in [0.1, 0.15) is 43.9 Å². The van der Waals surface area contributed by atoms with Gasteiger partial charge in [0.25, 0.3) is 11.7 Å². The first-order valence-corrected chi connectivity index (χ1v) is 14.1. The van der Waals surface area contributed by atoms with E-state index >= 15 is 0 Å². The van der Waals surface area contributed by atoms with Gasteiger partial charge in [-0.15, -0.1) is 0 Å². The molecule has 2 aromatic carbocycles. The van der Waals surface area contributed by atoms with Crippen molar-refractivity contribution in [2.45, 2.75) is 32.7 Å². The Morgan fingerprint density at radius 2 is 1.77 bits per heavy atom. The zero-order valence-corrected chi connectivity index (χ0v) is 23.3. The molecule has 1 unspecified atom stereocenters. The first-order valence-electron chi connectivity index (χ1n) is 14.1. The highest BCUT2D eigenvalue weighted by atomic mass is 16.6. The molecule has 2 fully saturated rings. The van der Waals surface area contributed by atoms with Gasteiger partial charge in [0.1, 0.15) is 24.7 Å². The summed E-state index contributed by atoms with van der Waals surface area (Å²) in [6.45, 7) is 9.96. The molecule has 1 amide bonds. The number of amides is 1. The summed E-state index contributed by atoms with van der Waals surface area (Å²) in [7, 11) is 0. The van der Waals surface area contributed by atoms with Crippen molar-refractivity contribution in [3.8, 4) is 17.2 Å². The average molecular weight is 551 g/mol. The van der Waals surface area contributed by atoms with Crippen LogP contribution in [0.5, 0.6) is 17.2 Å². The van der Waals surface area contributed by atoms with Gasteiger partial charge in [-0.3, -0.25) is 14.5 Å². The number of carbonyl (C=O) groups is 2. The van der Waals surface area contributed by atoms with Crippen LogP contribution in [0.25, 0.3) is 5.76 Å². The van der Waals surface area contributed by atoms with Gasteiger partial charge in [0.15, 0.2) is 11.5 Å². The molecule has 0 saturated carbocycles. The topological polar surface area (TPSA) is 97.8 Å². The zero-order valence-electron chi connectivity index (χ0n) is 23.3. The number of ketones is 1. The Morgan fingerprint density at radius 1 is 1.00 bits per heavy atom. The van der Waals surface area contributed by atoms with Crippen LogP contribution < -0.4 is 14.2 Å². The Hall–Kier alpha value is -3.56. The summed E-state index contributed by atoms with van der Waals surface area (Å²) in [5, 5.41) is 11.5. The highest BCUT2D eigenvalue weighted by molar-refractivity contribution is 6.46. The van der Waals surface area contributed by atoms with E-state index in [1.165, 1.54) is 0 Å². The van der Waals surface area contributed by atoms with Gasteiger partial charge in [0.05, 0.1) is 31.4 Å². The molecule has 40 heavy (non-hydrogen) atoms. The van der Waals surface area contributed by atoms with E-state index in [9.17, 15) is 14.7 Å². The summed E-state index contributed by atoms with van der Waals surface area (Å²) in [5.74, 6) is 0.694. The Balaban J connectivity index is 1.47. The lowest BCUT2D eigenvalue weighted by molar-refractivity contribution is -0.140. The van der Waals surface area contributed by atoms with Crippen molar-refractivity contribution < 1.29 is 33.6 Å². The third-order valence-electron chi connectivity index (χ3n) is 7.47. The lowest BCUT2D eigenvalue weighted by atomic mass is 9.95. The number of hydrogen-bond acceptors (Lipinski definition) is 8. The van der Waals surface area contributed by atoms with Gasteiger partial charge in [-0.2, -0.15) is 0 Å². The molecule has 214 valence electrons. The molecule has 0 bridgehead atoms. The number of aliphatic hydroxyl groups excluding tert-OH is 1. The first-order chi connectivity index (χ1) is 19.4. The van der Waals surface area contributed by atoms with Crippen molar-refractivity contribution in [3.05, 3.63) is 59.2 Å². The lowest BCUT2D eigenvalue weighted by Gasteiger charge is -2.29. The van der Waals surface area contributed by atoms with Crippen LogP contribution in [0.3, 0.4) is 0 Å². The van der Waals surface area contributed by atoms with Crippen LogP contribution in [0, 0.1) is 5.92 Å². The molecular weight excluding hydrogens is 512 g/mol. The van der Waals surface area contributed by atoms with Crippen molar-refractivity contribution in [3.63, 3.8) is 0 Å². The van der Waals surface area contributed by atoms with Crippen molar-refractivity contribution in [1.82, 2.24) is 9.80 Å². The molecular formula is C31H38N2O7. The molecule has 0 spiro atoms. The molecule has 0 aromatic heterocycles. The van der Waals surface area contributed by atoms with Crippen LogP contribution in [0.15, 0.2) is 48.0 Å². The van der Waals surface area contributed by atoms with E-state index in [4.69, 9.17) is 18.9 Å². The van der Waals surface area contributed by atoms with Crippen molar-refractivity contribution in [2.24, 2.45) is 5.92 Å². The third-order valence-corrected chi connectivity index (χ3v) is 7.47. The van der Waals surface area contributed by atoms with Crippen LogP contribution >= 0.6 is 0 Å². The van der Waals surface area contributed by atoms with E-state index in [-0.39, 0.29) is 11.3 Å². The second kappa shape index (κ2) is 12.7. The zero-order chi connectivity index (χ0) is 28.1. The molecule has 1 N–H and O–H groups in total. The predicted octanol–water partition coefficient (Wildman–Crippen LogP) is 4.03. The van der Waals surface area contributed by atoms with E-state index in [1.54, 1.807) is 23.1 Å². The largest absolute Gasteiger partial charge is 0.507 e. The van der Waals surface area contributed by atoms with Gasteiger partial charge < -0.3 is 29.0 Å². The number of fused-ring (bicyclic) bond motifs is 1. The van der Waals surface area contributed by atoms with E-state index < -0.39 is 17.7 Å². The Kier molecular flexibility index (Phi) is 8.91. The SMILES string of the molecule is CC(C)CCOc1cccc(C2C(=C(O)c3ccc4c(c3)OCCO4)C(=O)C(=O)N2CCCN2CCOCC2)c1. The quantitative estimate of drug-likeness (QED) is 0.269. The normalized spacial score (nSPS) is 20.8. The number of carbonyl (C=O) groups excluding carboxylic acids is 2. The highest BCUT2D eigenvalue weighted by Crippen LogP contribution is 2.41. The summed E-state index contributed by atoms with van der Waals surface area (Å²) in [6, 6.07) is 11.8. The molecule has 3 aliphatic heterocycles. The predicted molar refractivity (Wildman–Crippen MR) is 150 cm³/mol. The van der Waals surface area contributed by atoms with E-state index in [0.717, 1.165) is 26.1 Å². The molecule has 3 aliphatic rings. The number of ether oxygens (including phenoxy) is 4. The second-order valence-electron chi connectivity index (χ2n) is 10.8. The number of likely N-dealkylation sites (tertiary alicyclic amines) is 1. The molecule has 1 atom stereocenters. The van der Waals surface area contributed by atoms with Gasteiger partial charge in [-0.05, 0) is 54.7 Å². The highest BCUT2D eigenvalue weighted by Gasteiger charge is 2.46. The number of rotatable bonds is 10. The lowest BCUT2D eigenvalue weighted by Crippen LogP contribution is -2.38. The molecule has 9 nitrogen and oxygen atoms in total. The maximum atomic E-state index is 13.5. The average Bonchev–Trinajstić information content (AvgIpc) is 3.22. The Morgan fingerprint density at radius 3 is 2.55 bits per heavy atom. The van der Waals surface area contributed by atoms with E-state index in [2.05, 4.69) is 18.7 Å². The summed E-state index contributed by atoms with van der Waals surface area (Å²) < 4.78 is 22.7.